The number of pyridine rings is 1. The van der Waals surface area contributed by atoms with Crippen molar-refractivity contribution in [1.82, 2.24) is 4.98 Å². The van der Waals surface area contributed by atoms with Crippen LogP contribution >= 0.6 is 0 Å². The number of rotatable bonds is 6. The lowest BCUT2D eigenvalue weighted by atomic mass is 10.2. The molecule has 0 saturated heterocycles. The molecule has 1 heterocycles. The number of carbonyl (C=O) groups is 2. The minimum Gasteiger partial charge on any atom is -0.507 e. The number of carboxylic acid groups (broad SMARTS) is 1. The minimum atomic E-state index is -1.11. The molecule has 2 aromatic carbocycles. The zero-order valence-electron chi connectivity index (χ0n) is 17.2. The number of nitrogen functional groups attached to an aromatic ring is 1. The number of aromatic hydroxyl groups is 1. The summed E-state index contributed by atoms with van der Waals surface area (Å²) in [6.07, 6.45) is -0.581. The molecule has 0 spiro atoms. The van der Waals surface area contributed by atoms with Gasteiger partial charge in [0.05, 0.1) is 12.3 Å². The van der Waals surface area contributed by atoms with Crippen LogP contribution in [-0.4, -0.2) is 33.9 Å². The van der Waals surface area contributed by atoms with Gasteiger partial charge in [-0.25, -0.2) is 19.0 Å². The van der Waals surface area contributed by atoms with Crippen LogP contribution in [0.4, 0.5) is 26.5 Å². The molecule has 0 aliphatic heterocycles. The number of nitrogens with zero attached hydrogens (tertiary/aromatic N) is 1. The van der Waals surface area contributed by atoms with Crippen LogP contribution in [0.1, 0.15) is 22.8 Å². The summed E-state index contributed by atoms with van der Waals surface area (Å²) >= 11 is 0. The summed E-state index contributed by atoms with van der Waals surface area (Å²) < 4.78 is 17.6. The summed E-state index contributed by atoms with van der Waals surface area (Å²) in [5, 5.41) is 22.9. The number of halogens is 1. The van der Waals surface area contributed by atoms with Crippen molar-refractivity contribution in [3.63, 3.8) is 0 Å². The fourth-order valence-corrected chi connectivity index (χ4v) is 2.41. The molecule has 0 radical (unpaired) electrons. The molecule has 0 aliphatic carbocycles. The van der Waals surface area contributed by atoms with Crippen LogP contribution in [-0.2, 0) is 11.3 Å². The number of anilines is 3. The first-order valence-corrected chi connectivity index (χ1v) is 9.50. The number of hydrogen-bond donors (Lipinski definition) is 5. The van der Waals surface area contributed by atoms with Crippen molar-refractivity contribution in [3.8, 4) is 5.75 Å². The first-order valence-electron chi connectivity index (χ1n) is 9.50. The van der Waals surface area contributed by atoms with Crippen molar-refractivity contribution in [1.29, 1.82) is 0 Å². The molecule has 9 nitrogen and oxygen atoms in total. The second kappa shape index (κ2) is 11.7. The highest BCUT2D eigenvalue weighted by molar-refractivity contribution is 5.90. The number of hydrogen-bond acceptors (Lipinski definition) is 7. The molecular weight excluding hydrogens is 419 g/mol. The van der Waals surface area contributed by atoms with Gasteiger partial charge in [-0.15, -0.1) is 0 Å². The Hall–Kier alpha value is -4.34. The highest BCUT2D eigenvalue weighted by Crippen LogP contribution is 2.19. The first-order chi connectivity index (χ1) is 15.3. The number of para-hydroxylation sites is 1. The van der Waals surface area contributed by atoms with E-state index in [0.29, 0.717) is 18.1 Å². The van der Waals surface area contributed by atoms with Gasteiger partial charge < -0.3 is 26.0 Å². The predicted molar refractivity (Wildman–Crippen MR) is 118 cm³/mol. The summed E-state index contributed by atoms with van der Waals surface area (Å²) in [4.78, 5) is 25.7. The molecule has 168 valence electrons. The van der Waals surface area contributed by atoms with Gasteiger partial charge in [0.25, 0.3) is 0 Å². The van der Waals surface area contributed by atoms with E-state index >= 15 is 0 Å². The van der Waals surface area contributed by atoms with Gasteiger partial charge in [0.1, 0.15) is 28.8 Å². The molecule has 0 aliphatic rings. The monoisotopic (exact) mass is 442 g/mol. The lowest BCUT2D eigenvalue weighted by Gasteiger charge is -2.10. The van der Waals surface area contributed by atoms with Crippen LogP contribution in [0.15, 0.2) is 60.7 Å². The Balaban J connectivity index is 0.000000303. The Bertz CT molecular complexity index is 1060. The Kier molecular flexibility index (Phi) is 8.78. The van der Waals surface area contributed by atoms with Gasteiger partial charge in [-0.1, -0.05) is 24.3 Å². The molecule has 1 aromatic heterocycles. The van der Waals surface area contributed by atoms with Gasteiger partial charge in [0, 0.05) is 6.54 Å². The van der Waals surface area contributed by atoms with Crippen LogP contribution in [0.5, 0.6) is 5.75 Å². The van der Waals surface area contributed by atoms with E-state index in [-0.39, 0.29) is 29.6 Å². The minimum absolute atomic E-state index is 0.0671. The molecule has 0 saturated carbocycles. The number of aromatic nitrogens is 1. The topological polar surface area (TPSA) is 147 Å². The third kappa shape index (κ3) is 7.48. The van der Waals surface area contributed by atoms with E-state index in [1.54, 1.807) is 43.3 Å². The van der Waals surface area contributed by atoms with Crippen LogP contribution in [0.25, 0.3) is 0 Å². The standard InChI is InChI=1S/C15H17FN4O2.C7H6O3/c1-2-22-15(21)19-12-7-8-13(20-14(12)17)18-9-10-3-5-11(16)6-4-10;8-6-4-2-1-3-5(6)7(9)10/h3-8H,2,9H2,1H3,(H,19,21)(H3,17,18,20);1-4,8H,(H,9,10). The fraction of sp³-hybridized carbons (Fsp3) is 0.136. The maximum atomic E-state index is 12.8. The maximum absolute atomic E-state index is 12.8. The van der Waals surface area contributed by atoms with Crippen LogP contribution in [0, 0.1) is 5.82 Å². The van der Waals surface area contributed by atoms with E-state index in [2.05, 4.69) is 15.6 Å². The van der Waals surface area contributed by atoms with Crippen molar-refractivity contribution < 1.29 is 28.9 Å². The Morgan fingerprint density at radius 1 is 1.09 bits per heavy atom. The second-order valence-electron chi connectivity index (χ2n) is 6.28. The number of nitrogens with one attached hydrogen (secondary N) is 2. The molecule has 0 atom stereocenters. The molecule has 0 bridgehead atoms. The molecule has 6 N–H and O–H groups in total. The molecule has 10 heteroatoms. The number of phenols is 1. The summed E-state index contributed by atoms with van der Waals surface area (Å²) in [5.41, 5.74) is 7.01. The average Bonchev–Trinajstić information content (AvgIpc) is 2.76. The van der Waals surface area contributed by atoms with Crippen LogP contribution < -0.4 is 16.4 Å². The van der Waals surface area contributed by atoms with Crippen molar-refractivity contribution in [2.24, 2.45) is 0 Å². The van der Waals surface area contributed by atoms with E-state index in [0.717, 1.165) is 5.56 Å². The zero-order chi connectivity index (χ0) is 23.5. The van der Waals surface area contributed by atoms with Gasteiger partial charge in [-0.2, -0.15) is 0 Å². The Labute approximate surface area is 183 Å². The summed E-state index contributed by atoms with van der Waals surface area (Å²) in [6, 6.07) is 15.3. The van der Waals surface area contributed by atoms with Gasteiger partial charge >= 0.3 is 12.1 Å². The molecular formula is C22H23FN4O5. The number of nitrogens with two attached hydrogens (primary N) is 1. The lowest BCUT2D eigenvalue weighted by Crippen LogP contribution is -2.15. The predicted octanol–water partition coefficient (Wildman–Crippen LogP) is 4.07. The van der Waals surface area contributed by atoms with E-state index in [4.69, 9.17) is 20.7 Å². The smallest absolute Gasteiger partial charge is 0.411 e. The van der Waals surface area contributed by atoms with Crippen molar-refractivity contribution >= 4 is 29.4 Å². The molecule has 3 rings (SSSR count). The summed E-state index contributed by atoms with van der Waals surface area (Å²) in [7, 11) is 0. The van der Waals surface area contributed by atoms with Gasteiger partial charge in [0.15, 0.2) is 0 Å². The largest absolute Gasteiger partial charge is 0.507 e. The molecule has 0 unspecified atom stereocenters. The molecule has 0 fully saturated rings. The average molecular weight is 442 g/mol. The highest BCUT2D eigenvalue weighted by atomic mass is 19.1. The Morgan fingerprint density at radius 2 is 1.78 bits per heavy atom. The molecule has 3 aromatic rings. The summed E-state index contributed by atoms with van der Waals surface area (Å²) in [5.74, 6) is -0.859. The van der Waals surface area contributed by atoms with Crippen molar-refractivity contribution in [2.75, 3.05) is 23.0 Å². The lowest BCUT2D eigenvalue weighted by molar-refractivity contribution is 0.0693. The fourth-order valence-electron chi connectivity index (χ4n) is 2.41. The first kappa shape index (κ1) is 23.9. The summed E-state index contributed by atoms with van der Waals surface area (Å²) in [6.45, 7) is 2.47. The quantitative estimate of drug-likeness (QED) is 0.384. The van der Waals surface area contributed by atoms with Crippen LogP contribution in [0.3, 0.4) is 0 Å². The van der Waals surface area contributed by atoms with E-state index < -0.39 is 12.1 Å². The van der Waals surface area contributed by atoms with Crippen molar-refractivity contribution in [2.45, 2.75) is 13.5 Å². The third-order valence-electron chi connectivity index (χ3n) is 3.96. The van der Waals surface area contributed by atoms with E-state index in [9.17, 15) is 14.0 Å². The number of carbonyl (C=O) groups excluding carboxylic acids is 1. The molecule has 1 amide bonds. The number of aromatic carboxylic acids is 1. The SMILES string of the molecule is CCOC(=O)Nc1ccc(NCc2ccc(F)cc2)nc1N.O=C(O)c1ccccc1O. The maximum Gasteiger partial charge on any atom is 0.411 e. The molecule has 32 heavy (non-hydrogen) atoms. The van der Waals surface area contributed by atoms with Gasteiger partial charge in [-0.05, 0) is 48.9 Å². The van der Waals surface area contributed by atoms with E-state index in [1.165, 1.54) is 24.3 Å². The Morgan fingerprint density at radius 3 is 2.34 bits per heavy atom. The number of ether oxygens (including phenoxy) is 1. The normalized spacial score (nSPS) is 9.81. The van der Waals surface area contributed by atoms with Gasteiger partial charge in [-0.3, -0.25) is 5.32 Å². The number of benzene rings is 2. The van der Waals surface area contributed by atoms with Crippen molar-refractivity contribution in [3.05, 3.63) is 77.6 Å². The zero-order valence-corrected chi connectivity index (χ0v) is 17.2. The van der Waals surface area contributed by atoms with E-state index in [1.807, 2.05) is 0 Å². The van der Waals surface area contributed by atoms with Gasteiger partial charge in [0.2, 0.25) is 0 Å². The third-order valence-corrected chi connectivity index (χ3v) is 3.96. The second-order valence-corrected chi connectivity index (χ2v) is 6.28. The number of amides is 1. The van der Waals surface area contributed by atoms with Crippen LogP contribution in [0.2, 0.25) is 0 Å². The number of carboxylic acids is 1. The highest BCUT2D eigenvalue weighted by Gasteiger charge is 2.08.